The van der Waals surface area contributed by atoms with Gasteiger partial charge in [-0.2, -0.15) is 4.98 Å². The molecule has 4 nitrogen and oxygen atoms in total. The molecule has 1 aromatic heterocycles. The van der Waals surface area contributed by atoms with Crippen molar-refractivity contribution in [3.63, 3.8) is 0 Å². The average molecular weight is 318 g/mol. The van der Waals surface area contributed by atoms with E-state index < -0.39 is 0 Å². The van der Waals surface area contributed by atoms with Gasteiger partial charge in [0.25, 0.3) is 0 Å². The lowest BCUT2D eigenvalue weighted by Gasteiger charge is -2.23. The Hall–Kier alpha value is -2.88. The van der Waals surface area contributed by atoms with Gasteiger partial charge in [-0.05, 0) is 31.5 Å². The van der Waals surface area contributed by atoms with E-state index in [2.05, 4.69) is 46.4 Å². The highest BCUT2D eigenvalue weighted by molar-refractivity contribution is 5.55. The van der Waals surface area contributed by atoms with E-state index in [0.717, 1.165) is 30.3 Å². The Morgan fingerprint density at radius 2 is 1.58 bits per heavy atom. The maximum absolute atomic E-state index is 4.70. The quantitative estimate of drug-likeness (QED) is 0.723. The molecule has 3 rings (SSSR count). The second kappa shape index (κ2) is 7.59. The molecule has 0 unspecified atom stereocenters. The number of hydrogen-bond donors (Lipinski definition) is 1. The molecule has 1 heterocycles. The van der Waals surface area contributed by atoms with Gasteiger partial charge < -0.3 is 10.2 Å². The molecule has 2 aromatic carbocycles. The van der Waals surface area contributed by atoms with Gasteiger partial charge in [-0.1, -0.05) is 48.5 Å². The predicted molar refractivity (Wildman–Crippen MR) is 99.7 cm³/mol. The molecule has 0 saturated heterocycles. The average Bonchev–Trinajstić information content (AvgIpc) is 2.61. The highest BCUT2D eigenvalue weighted by Gasteiger charge is 2.10. The minimum Gasteiger partial charge on any atom is -0.352 e. The number of rotatable bonds is 6. The standard InChI is InChI=1S/C20H22N4/c1-3-24(15-17-10-6-4-7-11-17)19-14-16(2)21-20(23-19)22-18-12-8-5-9-13-18/h4-14H,3,15H2,1-2H3,(H,21,22,23). The molecule has 0 fully saturated rings. The van der Waals surface area contributed by atoms with E-state index in [1.165, 1.54) is 5.56 Å². The second-order valence-electron chi connectivity index (χ2n) is 5.68. The minimum atomic E-state index is 0.628. The Balaban J connectivity index is 1.83. The van der Waals surface area contributed by atoms with Gasteiger partial charge in [0.05, 0.1) is 0 Å². The van der Waals surface area contributed by atoms with Crippen LogP contribution in [0.25, 0.3) is 0 Å². The summed E-state index contributed by atoms with van der Waals surface area (Å²) in [6, 6.07) is 22.5. The summed E-state index contributed by atoms with van der Waals surface area (Å²) in [5, 5.41) is 3.28. The molecular weight excluding hydrogens is 296 g/mol. The number of nitrogens with one attached hydrogen (secondary N) is 1. The number of benzene rings is 2. The number of nitrogens with zero attached hydrogens (tertiary/aromatic N) is 3. The van der Waals surface area contributed by atoms with Gasteiger partial charge in [0.1, 0.15) is 5.82 Å². The molecule has 0 aliphatic rings. The Labute approximate surface area is 143 Å². The molecule has 0 bridgehead atoms. The molecule has 0 atom stereocenters. The molecule has 122 valence electrons. The zero-order valence-corrected chi connectivity index (χ0v) is 14.1. The van der Waals surface area contributed by atoms with Crippen molar-refractivity contribution in [2.75, 3.05) is 16.8 Å². The van der Waals surface area contributed by atoms with Gasteiger partial charge in [-0.3, -0.25) is 0 Å². The van der Waals surface area contributed by atoms with Gasteiger partial charge in [0, 0.05) is 30.5 Å². The first kappa shape index (κ1) is 16.0. The smallest absolute Gasteiger partial charge is 0.229 e. The van der Waals surface area contributed by atoms with Crippen LogP contribution in [-0.4, -0.2) is 16.5 Å². The summed E-state index contributed by atoms with van der Waals surface area (Å²) in [5.41, 5.74) is 3.21. The molecule has 0 aliphatic heterocycles. The van der Waals surface area contributed by atoms with E-state index in [4.69, 9.17) is 4.98 Å². The molecule has 4 heteroatoms. The van der Waals surface area contributed by atoms with E-state index in [9.17, 15) is 0 Å². The topological polar surface area (TPSA) is 41.1 Å². The summed E-state index contributed by atoms with van der Waals surface area (Å²) < 4.78 is 0. The lowest BCUT2D eigenvalue weighted by molar-refractivity contribution is 0.809. The molecule has 24 heavy (non-hydrogen) atoms. The summed E-state index contributed by atoms with van der Waals surface area (Å²) in [7, 11) is 0. The van der Waals surface area contributed by atoms with E-state index in [1.54, 1.807) is 0 Å². The van der Waals surface area contributed by atoms with Gasteiger partial charge in [0.15, 0.2) is 0 Å². The van der Waals surface area contributed by atoms with Crippen LogP contribution in [0.15, 0.2) is 66.7 Å². The molecule has 0 amide bonds. The molecule has 0 radical (unpaired) electrons. The molecule has 0 saturated carbocycles. The summed E-state index contributed by atoms with van der Waals surface area (Å²) >= 11 is 0. The van der Waals surface area contributed by atoms with Crippen LogP contribution in [0.4, 0.5) is 17.5 Å². The van der Waals surface area contributed by atoms with E-state index in [1.807, 2.05) is 49.4 Å². The second-order valence-corrected chi connectivity index (χ2v) is 5.68. The van der Waals surface area contributed by atoms with Crippen LogP contribution in [0.2, 0.25) is 0 Å². The van der Waals surface area contributed by atoms with Crippen molar-refractivity contribution in [3.8, 4) is 0 Å². The molecule has 0 aliphatic carbocycles. The van der Waals surface area contributed by atoms with Crippen molar-refractivity contribution in [3.05, 3.63) is 78.0 Å². The lowest BCUT2D eigenvalue weighted by Crippen LogP contribution is -2.23. The van der Waals surface area contributed by atoms with Crippen molar-refractivity contribution in [2.45, 2.75) is 20.4 Å². The monoisotopic (exact) mass is 318 g/mol. The number of hydrogen-bond acceptors (Lipinski definition) is 4. The van der Waals surface area contributed by atoms with Gasteiger partial charge in [-0.25, -0.2) is 4.98 Å². The third-order valence-electron chi connectivity index (χ3n) is 3.79. The number of anilines is 3. The highest BCUT2D eigenvalue weighted by atomic mass is 15.2. The minimum absolute atomic E-state index is 0.628. The van der Waals surface area contributed by atoms with Crippen LogP contribution in [0.5, 0.6) is 0 Å². The van der Waals surface area contributed by atoms with Crippen molar-refractivity contribution < 1.29 is 0 Å². The first-order valence-corrected chi connectivity index (χ1v) is 8.21. The van der Waals surface area contributed by atoms with Crippen LogP contribution < -0.4 is 10.2 Å². The summed E-state index contributed by atoms with van der Waals surface area (Å²) in [4.78, 5) is 11.5. The van der Waals surface area contributed by atoms with Crippen molar-refractivity contribution >= 4 is 17.5 Å². The zero-order valence-electron chi connectivity index (χ0n) is 14.1. The van der Waals surface area contributed by atoms with Gasteiger partial charge >= 0.3 is 0 Å². The maximum Gasteiger partial charge on any atom is 0.229 e. The summed E-state index contributed by atoms with van der Waals surface area (Å²) in [6.45, 7) is 5.86. The fourth-order valence-electron chi connectivity index (χ4n) is 2.58. The summed E-state index contributed by atoms with van der Waals surface area (Å²) in [6.07, 6.45) is 0. The van der Waals surface area contributed by atoms with Crippen molar-refractivity contribution in [2.24, 2.45) is 0 Å². The van der Waals surface area contributed by atoms with Gasteiger partial charge in [-0.15, -0.1) is 0 Å². The third-order valence-corrected chi connectivity index (χ3v) is 3.79. The highest BCUT2D eigenvalue weighted by Crippen LogP contribution is 2.19. The first-order chi connectivity index (χ1) is 11.7. The summed E-state index contributed by atoms with van der Waals surface area (Å²) in [5.74, 6) is 1.56. The van der Waals surface area contributed by atoms with E-state index >= 15 is 0 Å². The number of aryl methyl sites for hydroxylation is 1. The molecule has 3 aromatic rings. The molecule has 1 N–H and O–H groups in total. The fraction of sp³-hybridized carbons (Fsp3) is 0.200. The number of aromatic nitrogens is 2. The van der Waals surface area contributed by atoms with Gasteiger partial charge in [0.2, 0.25) is 5.95 Å². The van der Waals surface area contributed by atoms with Crippen molar-refractivity contribution in [1.82, 2.24) is 9.97 Å². The Bertz CT molecular complexity index is 772. The normalized spacial score (nSPS) is 10.4. The first-order valence-electron chi connectivity index (χ1n) is 8.21. The molecule has 0 spiro atoms. The van der Waals surface area contributed by atoms with Crippen LogP contribution in [0.3, 0.4) is 0 Å². The van der Waals surface area contributed by atoms with E-state index in [0.29, 0.717) is 5.95 Å². The Morgan fingerprint density at radius 1 is 0.917 bits per heavy atom. The van der Waals surface area contributed by atoms with Crippen LogP contribution in [0, 0.1) is 6.92 Å². The van der Waals surface area contributed by atoms with Crippen LogP contribution in [0.1, 0.15) is 18.2 Å². The lowest BCUT2D eigenvalue weighted by atomic mass is 10.2. The largest absolute Gasteiger partial charge is 0.352 e. The fourth-order valence-corrected chi connectivity index (χ4v) is 2.58. The Morgan fingerprint density at radius 3 is 2.25 bits per heavy atom. The zero-order chi connectivity index (χ0) is 16.8. The van der Waals surface area contributed by atoms with Crippen LogP contribution in [-0.2, 0) is 6.54 Å². The molecular formula is C20H22N4. The predicted octanol–water partition coefficient (Wildman–Crippen LogP) is 4.56. The van der Waals surface area contributed by atoms with Crippen LogP contribution >= 0.6 is 0 Å². The number of para-hydroxylation sites is 1. The SMILES string of the molecule is CCN(Cc1ccccc1)c1cc(C)nc(Nc2ccccc2)n1. The Kier molecular flexibility index (Phi) is 5.06. The van der Waals surface area contributed by atoms with Crippen molar-refractivity contribution in [1.29, 1.82) is 0 Å². The third kappa shape index (κ3) is 4.10. The van der Waals surface area contributed by atoms with E-state index in [-0.39, 0.29) is 0 Å². The maximum atomic E-state index is 4.70.